The number of nitrogens with zero attached hydrogens (tertiary/aromatic N) is 3. The molecule has 2 aromatic rings. The lowest BCUT2D eigenvalue weighted by Gasteiger charge is -2.23. The largest absolute Gasteiger partial charge is 0.556 e. The molecule has 2 aliphatic rings. The first-order valence-corrected chi connectivity index (χ1v) is 10.1. The van der Waals surface area contributed by atoms with E-state index in [9.17, 15) is 15.1 Å². The van der Waals surface area contributed by atoms with Gasteiger partial charge in [0, 0.05) is 17.4 Å². The molecule has 1 amide bonds. The Morgan fingerprint density at radius 1 is 1.47 bits per heavy atom. The van der Waals surface area contributed by atoms with Crippen LogP contribution in [0.25, 0.3) is 6.08 Å². The van der Waals surface area contributed by atoms with E-state index >= 15 is 0 Å². The number of primary amides is 1. The standard InChI is InChI=1S/C21H24BN5O3/c1-12(2)17-9-14-8-15(6-7-19(14)30-22(17)29)25-21-16(20(24)28)11-27(26-21)18-5-3-4-13(18)10-23/h6-9,11-13,18,29H,3-5H2,1-2H3,(H2,24,28)(H,25,26)/t13-,18+/m0/s1. The number of hydrogen-bond donors (Lipinski definition) is 3. The maximum absolute atomic E-state index is 12.0. The lowest BCUT2D eigenvalue weighted by molar-refractivity contribution is 0.100. The van der Waals surface area contributed by atoms with Crippen molar-refractivity contribution in [1.82, 2.24) is 9.78 Å². The molecule has 1 saturated carbocycles. The van der Waals surface area contributed by atoms with Crippen LogP contribution in [0.1, 0.15) is 55.1 Å². The number of nitrogens with two attached hydrogens (primary N) is 1. The van der Waals surface area contributed by atoms with E-state index < -0.39 is 13.0 Å². The van der Waals surface area contributed by atoms with Gasteiger partial charge in [0.2, 0.25) is 0 Å². The zero-order chi connectivity index (χ0) is 21.4. The number of allylic oxidation sites excluding steroid dienone is 1. The lowest BCUT2D eigenvalue weighted by atomic mass is 9.70. The molecule has 9 heteroatoms. The topological polar surface area (TPSA) is 126 Å². The number of anilines is 2. The third kappa shape index (κ3) is 3.66. The molecule has 1 aliphatic heterocycles. The van der Waals surface area contributed by atoms with Crippen LogP contribution in [-0.4, -0.2) is 27.8 Å². The number of carbonyl (C=O) groups is 1. The van der Waals surface area contributed by atoms with Gasteiger partial charge in [-0.25, -0.2) is 0 Å². The lowest BCUT2D eigenvalue weighted by Crippen LogP contribution is -2.30. The number of hydrogen-bond acceptors (Lipinski definition) is 6. The molecule has 8 nitrogen and oxygen atoms in total. The van der Waals surface area contributed by atoms with Crippen molar-refractivity contribution in [3.63, 3.8) is 0 Å². The number of rotatable bonds is 5. The van der Waals surface area contributed by atoms with Crippen molar-refractivity contribution in [2.75, 3.05) is 5.32 Å². The van der Waals surface area contributed by atoms with Crippen molar-refractivity contribution in [3.05, 3.63) is 41.0 Å². The Morgan fingerprint density at radius 2 is 2.27 bits per heavy atom. The molecule has 1 aromatic carbocycles. The first kappa shape index (κ1) is 20.0. The summed E-state index contributed by atoms with van der Waals surface area (Å²) < 4.78 is 7.30. The highest BCUT2D eigenvalue weighted by Gasteiger charge is 2.31. The van der Waals surface area contributed by atoms with E-state index in [1.165, 1.54) is 0 Å². The summed E-state index contributed by atoms with van der Waals surface area (Å²) in [5.74, 6) is 0.380. The second-order valence-electron chi connectivity index (χ2n) is 8.12. The highest BCUT2D eigenvalue weighted by atomic mass is 16.5. The number of nitrogens with one attached hydrogen (secondary N) is 1. The maximum atomic E-state index is 12.0. The van der Waals surface area contributed by atoms with Crippen LogP contribution in [0.5, 0.6) is 5.75 Å². The first-order valence-electron chi connectivity index (χ1n) is 10.1. The minimum atomic E-state index is -0.951. The highest BCUT2D eigenvalue weighted by molar-refractivity contribution is 6.55. The molecule has 0 bridgehead atoms. The van der Waals surface area contributed by atoms with Crippen molar-refractivity contribution in [2.45, 2.75) is 39.2 Å². The molecule has 0 unspecified atom stereocenters. The smallest absolute Gasteiger partial charge is 0.532 e. The first-order chi connectivity index (χ1) is 14.4. The Bertz CT molecular complexity index is 1060. The summed E-state index contributed by atoms with van der Waals surface area (Å²) in [6.45, 7) is 3.99. The summed E-state index contributed by atoms with van der Waals surface area (Å²) >= 11 is 0. The second-order valence-corrected chi connectivity index (χ2v) is 8.12. The fraction of sp³-hybridized carbons (Fsp3) is 0.381. The Morgan fingerprint density at radius 3 is 2.97 bits per heavy atom. The van der Waals surface area contributed by atoms with Crippen LogP contribution >= 0.6 is 0 Å². The molecule has 154 valence electrons. The Kier molecular flexibility index (Phi) is 5.26. The minimum absolute atomic E-state index is 0.0568. The molecule has 4 rings (SSSR count). The van der Waals surface area contributed by atoms with Crippen molar-refractivity contribution in [3.8, 4) is 11.8 Å². The van der Waals surface area contributed by atoms with E-state index in [1.54, 1.807) is 23.0 Å². The molecule has 0 radical (unpaired) electrons. The summed E-state index contributed by atoms with van der Waals surface area (Å²) in [4.78, 5) is 12.0. The summed E-state index contributed by atoms with van der Waals surface area (Å²) in [6.07, 6.45) is 6.18. The molecule has 0 spiro atoms. The number of nitriles is 1. The zero-order valence-electron chi connectivity index (χ0n) is 17.0. The average molecular weight is 405 g/mol. The van der Waals surface area contributed by atoms with Gasteiger partial charge in [0.1, 0.15) is 11.3 Å². The van der Waals surface area contributed by atoms with Crippen LogP contribution < -0.4 is 15.7 Å². The quantitative estimate of drug-likeness (QED) is 0.657. The number of carbonyl (C=O) groups excluding carboxylic acids is 1. The highest BCUT2D eigenvalue weighted by Crippen LogP contribution is 2.37. The molecule has 0 saturated heterocycles. The average Bonchev–Trinajstić information content (AvgIpc) is 3.34. The number of aromatic nitrogens is 2. The van der Waals surface area contributed by atoms with Crippen molar-refractivity contribution < 1.29 is 14.5 Å². The van der Waals surface area contributed by atoms with Gasteiger partial charge in [0.15, 0.2) is 5.82 Å². The van der Waals surface area contributed by atoms with E-state index in [-0.39, 0.29) is 23.4 Å². The third-order valence-electron chi connectivity index (χ3n) is 5.77. The van der Waals surface area contributed by atoms with E-state index in [2.05, 4.69) is 16.5 Å². The van der Waals surface area contributed by atoms with Gasteiger partial charge in [-0.1, -0.05) is 19.9 Å². The van der Waals surface area contributed by atoms with Gasteiger partial charge in [-0.2, -0.15) is 10.4 Å². The molecule has 1 aromatic heterocycles. The van der Waals surface area contributed by atoms with Crippen LogP contribution in [0, 0.1) is 23.2 Å². The zero-order valence-corrected chi connectivity index (χ0v) is 17.0. The van der Waals surface area contributed by atoms with Gasteiger partial charge in [-0.3, -0.25) is 9.48 Å². The second kappa shape index (κ2) is 7.88. The Hall–Kier alpha value is -3.25. The number of amides is 1. The summed E-state index contributed by atoms with van der Waals surface area (Å²) in [7, 11) is -0.951. The summed E-state index contributed by atoms with van der Waals surface area (Å²) in [5, 5.41) is 27.2. The van der Waals surface area contributed by atoms with E-state index in [0.717, 1.165) is 30.3 Å². The van der Waals surface area contributed by atoms with Crippen LogP contribution in [0.3, 0.4) is 0 Å². The van der Waals surface area contributed by atoms with Crippen LogP contribution in [0.4, 0.5) is 11.5 Å². The van der Waals surface area contributed by atoms with Gasteiger partial charge in [0.25, 0.3) is 5.91 Å². The fourth-order valence-electron chi connectivity index (χ4n) is 4.12. The van der Waals surface area contributed by atoms with Crippen LogP contribution in [-0.2, 0) is 0 Å². The van der Waals surface area contributed by atoms with Crippen molar-refractivity contribution in [2.24, 2.45) is 17.6 Å². The summed E-state index contributed by atoms with van der Waals surface area (Å²) in [6, 6.07) is 7.70. The Balaban J connectivity index is 1.65. The molecule has 30 heavy (non-hydrogen) atoms. The molecule has 1 aliphatic carbocycles. The molecular formula is C21H24BN5O3. The summed E-state index contributed by atoms with van der Waals surface area (Å²) in [5.41, 5.74) is 8.19. The van der Waals surface area contributed by atoms with Gasteiger partial charge in [-0.05, 0) is 48.9 Å². The number of benzene rings is 1. The predicted molar refractivity (Wildman–Crippen MR) is 114 cm³/mol. The van der Waals surface area contributed by atoms with Crippen LogP contribution in [0.2, 0.25) is 0 Å². The fourth-order valence-corrected chi connectivity index (χ4v) is 4.12. The van der Waals surface area contributed by atoms with Gasteiger partial charge >= 0.3 is 7.12 Å². The number of fused-ring (bicyclic) bond motifs is 1. The SMILES string of the molecule is CC(C)C1=Cc2cc(Nc3nn([C@@H]4CCC[C@H]4C#N)cc3C(N)=O)ccc2OB1O. The van der Waals surface area contributed by atoms with Crippen molar-refractivity contribution >= 4 is 30.6 Å². The van der Waals surface area contributed by atoms with E-state index in [4.69, 9.17) is 10.4 Å². The molecule has 2 atom stereocenters. The Labute approximate surface area is 175 Å². The van der Waals surface area contributed by atoms with Gasteiger partial charge in [0.05, 0.1) is 18.0 Å². The predicted octanol–water partition coefficient (Wildman–Crippen LogP) is 3.04. The monoisotopic (exact) mass is 405 g/mol. The normalized spacial score (nSPS) is 20.4. The van der Waals surface area contributed by atoms with Gasteiger partial charge < -0.3 is 20.7 Å². The van der Waals surface area contributed by atoms with Crippen LogP contribution in [0.15, 0.2) is 29.9 Å². The third-order valence-corrected chi connectivity index (χ3v) is 5.77. The maximum Gasteiger partial charge on any atom is 0.556 e. The molecule has 2 heterocycles. The van der Waals surface area contributed by atoms with Crippen molar-refractivity contribution in [1.29, 1.82) is 5.26 Å². The minimum Gasteiger partial charge on any atom is -0.532 e. The van der Waals surface area contributed by atoms with E-state index in [1.807, 2.05) is 26.0 Å². The van der Waals surface area contributed by atoms with Gasteiger partial charge in [-0.15, -0.1) is 0 Å². The molecular weight excluding hydrogens is 381 g/mol. The molecule has 1 fully saturated rings. The molecule has 4 N–H and O–H groups in total. The van der Waals surface area contributed by atoms with E-state index in [0.29, 0.717) is 17.3 Å².